The van der Waals surface area contributed by atoms with Gasteiger partial charge < -0.3 is 10.6 Å². The fourth-order valence-electron chi connectivity index (χ4n) is 2.69. The number of hydrogen-bond donors (Lipinski definition) is 1. The van der Waals surface area contributed by atoms with Crippen LogP contribution in [0.4, 0.5) is 0 Å². The van der Waals surface area contributed by atoms with Crippen LogP contribution in [-0.2, 0) is 4.79 Å². The first-order chi connectivity index (χ1) is 8.34. The van der Waals surface area contributed by atoms with Crippen LogP contribution in [0.15, 0.2) is 0 Å². The Morgan fingerprint density at radius 2 is 1.83 bits per heavy atom. The Labute approximate surface area is 112 Å². The Balaban J connectivity index is 2.83. The van der Waals surface area contributed by atoms with E-state index in [4.69, 9.17) is 5.73 Å². The second kappa shape index (κ2) is 6.05. The van der Waals surface area contributed by atoms with Gasteiger partial charge in [-0.1, -0.05) is 27.7 Å². The maximum absolute atomic E-state index is 12.7. The molecule has 1 atom stereocenters. The quantitative estimate of drug-likeness (QED) is 0.759. The Bertz CT molecular complexity index is 278. The second-order valence-electron chi connectivity index (χ2n) is 6.38. The van der Waals surface area contributed by atoms with Crippen molar-refractivity contribution in [1.29, 1.82) is 0 Å². The van der Waals surface area contributed by atoms with Gasteiger partial charge in [-0.05, 0) is 44.4 Å². The normalized spacial score (nSPS) is 19.1. The van der Waals surface area contributed by atoms with Gasteiger partial charge in [0.15, 0.2) is 0 Å². The van der Waals surface area contributed by atoms with Crippen LogP contribution in [-0.4, -0.2) is 28.9 Å². The molecule has 1 aliphatic rings. The van der Waals surface area contributed by atoms with Crippen molar-refractivity contribution in [3.8, 4) is 0 Å². The lowest BCUT2D eigenvalue weighted by atomic mass is 9.93. The highest BCUT2D eigenvalue weighted by atomic mass is 16.2. The first-order valence-electron chi connectivity index (χ1n) is 7.44. The van der Waals surface area contributed by atoms with E-state index < -0.39 is 5.54 Å². The van der Waals surface area contributed by atoms with Crippen molar-refractivity contribution in [3.05, 3.63) is 0 Å². The molecule has 2 N–H and O–H groups in total. The standard InChI is InChI=1S/C15H30N2O/c1-6-13(7-2)17(10-11(3)4)14(18)15(5,16)12-8-9-12/h11-13H,6-10,16H2,1-5H3. The molecule has 1 unspecified atom stereocenters. The van der Waals surface area contributed by atoms with E-state index in [-0.39, 0.29) is 5.91 Å². The van der Waals surface area contributed by atoms with Crippen LogP contribution >= 0.6 is 0 Å². The van der Waals surface area contributed by atoms with Crippen LogP contribution in [0, 0.1) is 11.8 Å². The summed E-state index contributed by atoms with van der Waals surface area (Å²) in [6.45, 7) is 11.4. The van der Waals surface area contributed by atoms with E-state index in [2.05, 4.69) is 27.7 Å². The minimum Gasteiger partial charge on any atom is -0.338 e. The second-order valence-corrected chi connectivity index (χ2v) is 6.38. The van der Waals surface area contributed by atoms with E-state index in [0.29, 0.717) is 17.9 Å². The summed E-state index contributed by atoms with van der Waals surface area (Å²) in [6.07, 6.45) is 4.24. The number of rotatable bonds is 7. The van der Waals surface area contributed by atoms with Gasteiger partial charge in [-0.3, -0.25) is 4.79 Å². The molecule has 1 rings (SSSR count). The largest absolute Gasteiger partial charge is 0.338 e. The fourth-order valence-corrected chi connectivity index (χ4v) is 2.69. The lowest BCUT2D eigenvalue weighted by molar-refractivity contribution is -0.140. The third-order valence-corrected chi connectivity index (χ3v) is 4.09. The molecule has 0 heterocycles. The molecule has 0 aliphatic heterocycles. The lowest BCUT2D eigenvalue weighted by Crippen LogP contribution is -2.58. The minimum atomic E-state index is -0.655. The van der Waals surface area contributed by atoms with Gasteiger partial charge >= 0.3 is 0 Å². The summed E-state index contributed by atoms with van der Waals surface area (Å²) < 4.78 is 0. The van der Waals surface area contributed by atoms with E-state index in [1.165, 1.54) is 0 Å². The van der Waals surface area contributed by atoms with Gasteiger partial charge in [-0.25, -0.2) is 0 Å². The van der Waals surface area contributed by atoms with Gasteiger partial charge in [0.2, 0.25) is 5.91 Å². The Kier molecular flexibility index (Phi) is 5.20. The number of amides is 1. The fraction of sp³-hybridized carbons (Fsp3) is 0.933. The van der Waals surface area contributed by atoms with E-state index in [9.17, 15) is 4.79 Å². The molecular formula is C15H30N2O. The van der Waals surface area contributed by atoms with E-state index >= 15 is 0 Å². The lowest BCUT2D eigenvalue weighted by Gasteiger charge is -2.38. The molecule has 1 saturated carbocycles. The number of carbonyl (C=O) groups excluding carboxylic acids is 1. The van der Waals surface area contributed by atoms with Crippen LogP contribution in [0.3, 0.4) is 0 Å². The van der Waals surface area contributed by atoms with Crippen molar-refractivity contribution >= 4 is 5.91 Å². The summed E-state index contributed by atoms with van der Waals surface area (Å²) >= 11 is 0. The molecule has 0 radical (unpaired) electrons. The number of nitrogens with zero attached hydrogens (tertiary/aromatic N) is 1. The van der Waals surface area contributed by atoms with E-state index in [1.54, 1.807) is 0 Å². The SMILES string of the molecule is CCC(CC)N(CC(C)C)C(=O)C(C)(N)C1CC1. The van der Waals surface area contributed by atoms with Crippen LogP contribution in [0.1, 0.15) is 60.3 Å². The number of carbonyl (C=O) groups is 1. The topological polar surface area (TPSA) is 46.3 Å². The summed E-state index contributed by atoms with van der Waals surface area (Å²) in [5.74, 6) is 1.05. The highest BCUT2D eigenvalue weighted by molar-refractivity contribution is 5.86. The molecule has 0 aromatic heterocycles. The Hall–Kier alpha value is -0.570. The van der Waals surface area contributed by atoms with Gasteiger partial charge in [0.25, 0.3) is 0 Å². The van der Waals surface area contributed by atoms with Crippen molar-refractivity contribution in [2.24, 2.45) is 17.6 Å². The van der Waals surface area contributed by atoms with Crippen molar-refractivity contribution in [2.75, 3.05) is 6.54 Å². The van der Waals surface area contributed by atoms with Gasteiger partial charge in [0.1, 0.15) is 0 Å². The predicted molar refractivity (Wildman–Crippen MR) is 76.2 cm³/mol. The van der Waals surface area contributed by atoms with Crippen LogP contribution in [0.2, 0.25) is 0 Å². The highest BCUT2D eigenvalue weighted by Crippen LogP contribution is 2.39. The maximum Gasteiger partial charge on any atom is 0.242 e. The molecule has 106 valence electrons. The highest BCUT2D eigenvalue weighted by Gasteiger charge is 2.46. The predicted octanol–water partition coefficient (Wildman–Crippen LogP) is 2.79. The van der Waals surface area contributed by atoms with Crippen LogP contribution in [0.5, 0.6) is 0 Å². The molecule has 3 heteroatoms. The molecule has 1 amide bonds. The van der Waals surface area contributed by atoms with Crippen LogP contribution < -0.4 is 5.73 Å². The Morgan fingerprint density at radius 3 is 2.17 bits per heavy atom. The van der Waals surface area contributed by atoms with Crippen molar-refractivity contribution < 1.29 is 4.79 Å². The van der Waals surface area contributed by atoms with Crippen molar-refractivity contribution in [1.82, 2.24) is 4.90 Å². The molecule has 1 aliphatic carbocycles. The number of nitrogens with two attached hydrogens (primary N) is 1. The average molecular weight is 254 g/mol. The Morgan fingerprint density at radius 1 is 1.33 bits per heavy atom. The maximum atomic E-state index is 12.7. The molecular weight excluding hydrogens is 224 g/mol. The first-order valence-corrected chi connectivity index (χ1v) is 7.44. The van der Waals surface area contributed by atoms with Gasteiger partial charge in [-0.2, -0.15) is 0 Å². The third-order valence-electron chi connectivity index (χ3n) is 4.09. The van der Waals surface area contributed by atoms with Crippen molar-refractivity contribution in [3.63, 3.8) is 0 Å². The molecule has 0 aromatic rings. The summed E-state index contributed by atoms with van der Waals surface area (Å²) in [4.78, 5) is 14.8. The summed E-state index contributed by atoms with van der Waals surface area (Å²) in [7, 11) is 0. The monoisotopic (exact) mass is 254 g/mol. The smallest absolute Gasteiger partial charge is 0.242 e. The van der Waals surface area contributed by atoms with E-state index in [1.807, 2.05) is 11.8 Å². The summed E-state index contributed by atoms with van der Waals surface area (Å²) in [5, 5.41) is 0. The van der Waals surface area contributed by atoms with Gasteiger partial charge in [-0.15, -0.1) is 0 Å². The minimum absolute atomic E-state index is 0.160. The molecule has 3 nitrogen and oxygen atoms in total. The summed E-state index contributed by atoms with van der Waals surface area (Å²) in [5.41, 5.74) is 5.64. The molecule has 0 aromatic carbocycles. The van der Waals surface area contributed by atoms with Crippen LogP contribution in [0.25, 0.3) is 0 Å². The molecule has 18 heavy (non-hydrogen) atoms. The molecule has 0 bridgehead atoms. The van der Waals surface area contributed by atoms with Crippen molar-refractivity contribution in [2.45, 2.75) is 71.9 Å². The third kappa shape index (κ3) is 3.47. The molecule has 1 fully saturated rings. The average Bonchev–Trinajstić information content (AvgIpc) is 3.11. The number of hydrogen-bond acceptors (Lipinski definition) is 2. The van der Waals surface area contributed by atoms with Gasteiger partial charge in [0, 0.05) is 12.6 Å². The zero-order valence-electron chi connectivity index (χ0n) is 12.7. The first kappa shape index (κ1) is 15.5. The summed E-state index contributed by atoms with van der Waals surface area (Å²) in [6, 6.07) is 0.335. The van der Waals surface area contributed by atoms with Gasteiger partial charge in [0.05, 0.1) is 5.54 Å². The zero-order valence-corrected chi connectivity index (χ0v) is 12.7. The van der Waals surface area contributed by atoms with E-state index in [0.717, 1.165) is 32.2 Å². The molecule has 0 spiro atoms. The zero-order chi connectivity index (χ0) is 13.9. The molecule has 0 saturated heterocycles.